The van der Waals surface area contributed by atoms with Gasteiger partial charge in [-0.2, -0.15) is 5.10 Å². The summed E-state index contributed by atoms with van der Waals surface area (Å²) in [6, 6.07) is 2.28. The first-order valence-corrected chi connectivity index (χ1v) is 6.79. The molecule has 20 heavy (non-hydrogen) atoms. The molecule has 2 rings (SSSR count). The van der Waals surface area contributed by atoms with Crippen LogP contribution in [0.3, 0.4) is 0 Å². The Morgan fingerprint density at radius 3 is 2.60 bits per heavy atom. The Morgan fingerprint density at radius 2 is 2.05 bits per heavy atom. The summed E-state index contributed by atoms with van der Waals surface area (Å²) in [6.45, 7) is 6.31. The van der Waals surface area contributed by atoms with E-state index in [1.165, 1.54) is 5.56 Å². The third-order valence-electron chi connectivity index (χ3n) is 3.46. The van der Waals surface area contributed by atoms with Crippen molar-refractivity contribution in [2.75, 3.05) is 14.2 Å². The number of pyridine rings is 1. The lowest BCUT2D eigenvalue weighted by molar-refractivity contribution is 0.396. The van der Waals surface area contributed by atoms with Gasteiger partial charge in [0.1, 0.15) is 5.69 Å². The number of methoxy groups -OCH3 is 1. The highest BCUT2D eigenvalue weighted by molar-refractivity contribution is 5.38. The molecule has 1 unspecified atom stereocenters. The van der Waals surface area contributed by atoms with E-state index >= 15 is 0 Å². The highest BCUT2D eigenvalue weighted by atomic mass is 16.5. The number of aryl methyl sites for hydroxylation is 1. The first kappa shape index (κ1) is 14.5. The molecule has 0 radical (unpaired) electrons. The molecule has 2 aromatic heterocycles. The van der Waals surface area contributed by atoms with Crippen molar-refractivity contribution < 1.29 is 4.74 Å². The zero-order valence-corrected chi connectivity index (χ0v) is 12.7. The zero-order chi connectivity index (χ0) is 14.7. The second-order valence-electron chi connectivity index (χ2n) is 5.09. The minimum absolute atomic E-state index is 0.00329. The van der Waals surface area contributed by atoms with Crippen molar-refractivity contribution in [3.8, 4) is 5.75 Å². The molecule has 1 atom stereocenters. The second kappa shape index (κ2) is 6.05. The summed E-state index contributed by atoms with van der Waals surface area (Å²) in [7, 11) is 3.61. The summed E-state index contributed by atoms with van der Waals surface area (Å²) in [4.78, 5) is 4.24. The van der Waals surface area contributed by atoms with Gasteiger partial charge in [0.15, 0.2) is 5.75 Å². The van der Waals surface area contributed by atoms with Gasteiger partial charge in [0.2, 0.25) is 0 Å². The summed E-state index contributed by atoms with van der Waals surface area (Å²) >= 11 is 0. The van der Waals surface area contributed by atoms with Crippen molar-refractivity contribution in [1.82, 2.24) is 20.1 Å². The maximum absolute atomic E-state index is 5.48. The molecule has 0 aliphatic carbocycles. The number of hydrogen-bond donors (Lipinski definition) is 1. The standard InChI is InChI=1S/C15H22N4O/c1-10(2)19-15(13(20-5)9-18-19)14(16-4)12-8-17-7-6-11(12)3/h6-10,14,16H,1-5H3. The molecular weight excluding hydrogens is 252 g/mol. The van der Waals surface area contributed by atoms with Crippen molar-refractivity contribution in [3.63, 3.8) is 0 Å². The Kier molecular flexibility index (Phi) is 4.39. The van der Waals surface area contributed by atoms with Crippen molar-refractivity contribution >= 4 is 0 Å². The van der Waals surface area contributed by atoms with Gasteiger partial charge in [-0.05, 0) is 45.0 Å². The topological polar surface area (TPSA) is 52.0 Å². The fourth-order valence-corrected chi connectivity index (χ4v) is 2.42. The van der Waals surface area contributed by atoms with Crippen LogP contribution in [-0.4, -0.2) is 28.9 Å². The van der Waals surface area contributed by atoms with Gasteiger partial charge >= 0.3 is 0 Å². The van der Waals surface area contributed by atoms with Gasteiger partial charge in [-0.1, -0.05) is 0 Å². The Balaban J connectivity index is 2.57. The molecule has 0 amide bonds. The van der Waals surface area contributed by atoms with E-state index in [1.807, 2.05) is 30.2 Å². The molecular formula is C15H22N4O. The average molecular weight is 274 g/mol. The van der Waals surface area contributed by atoms with E-state index < -0.39 is 0 Å². The smallest absolute Gasteiger partial charge is 0.161 e. The van der Waals surface area contributed by atoms with Gasteiger partial charge in [0, 0.05) is 18.4 Å². The molecule has 1 N–H and O–H groups in total. The fraction of sp³-hybridized carbons (Fsp3) is 0.467. The molecule has 108 valence electrons. The summed E-state index contributed by atoms with van der Waals surface area (Å²) in [5.41, 5.74) is 3.36. The number of nitrogens with one attached hydrogen (secondary N) is 1. The van der Waals surface area contributed by atoms with Gasteiger partial charge in [0.25, 0.3) is 0 Å². The molecule has 0 fully saturated rings. The predicted octanol–water partition coefficient (Wildman–Crippen LogP) is 2.48. The lowest BCUT2D eigenvalue weighted by atomic mass is 10.0. The zero-order valence-electron chi connectivity index (χ0n) is 12.7. The van der Waals surface area contributed by atoms with Crippen LogP contribution in [0.4, 0.5) is 0 Å². The molecule has 0 aliphatic heterocycles. The van der Waals surface area contributed by atoms with E-state index in [0.717, 1.165) is 17.0 Å². The molecule has 5 heteroatoms. The van der Waals surface area contributed by atoms with Crippen molar-refractivity contribution in [2.24, 2.45) is 0 Å². The summed E-state index contributed by atoms with van der Waals surface area (Å²) in [6.07, 6.45) is 5.47. The Bertz CT molecular complexity index is 577. The molecule has 0 aromatic carbocycles. The van der Waals surface area contributed by atoms with Crippen LogP contribution < -0.4 is 10.1 Å². The minimum Gasteiger partial charge on any atom is -0.493 e. The van der Waals surface area contributed by atoms with Crippen LogP contribution >= 0.6 is 0 Å². The quantitative estimate of drug-likeness (QED) is 0.910. The molecule has 5 nitrogen and oxygen atoms in total. The summed E-state index contributed by atoms with van der Waals surface area (Å²) in [5, 5.41) is 7.79. The molecule has 0 saturated carbocycles. The predicted molar refractivity (Wildman–Crippen MR) is 79.0 cm³/mol. The number of ether oxygens (including phenoxy) is 1. The first-order valence-electron chi connectivity index (χ1n) is 6.79. The number of hydrogen-bond acceptors (Lipinski definition) is 4. The highest BCUT2D eigenvalue weighted by Gasteiger charge is 2.24. The van der Waals surface area contributed by atoms with Crippen LogP contribution in [0.5, 0.6) is 5.75 Å². The maximum atomic E-state index is 5.48. The van der Waals surface area contributed by atoms with E-state index in [4.69, 9.17) is 4.74 Å². The Labute approximate surface area is 120 Å². The maximum Gasteiger partial charge on any atom is 0.161 e. The first-order chi connectivity index (χ1) is 9.60. The van der Waals surface area contributed by atoms with Crippen LogP contribution in [-0.2, 0) is 0 Å². The number of aromatic nitrogens is 3. The van der Waals surface area contributed by atoms with Crippen molar-refractivity contribution in [2.45, 2.75) is 32.9 Å². The van der Waals surface area contributed by atoms with Gasteiger partial charge in [-0.3, -0.25) is 9.67 Å². The van der Waals surface area contributed by atoms with E-state index in [2.05, 4.69) is 36.2 Å². The Hall–Kier alpha value is -1.88. The normalized spacial score (nSPS) is 12.7. The fourth-order valence-electron chi connectivity index (χ4n) is 2.42. The molecule has 2 aromatic rings. The number of nitrogens with zero attached hydrogens (tertiary/aromatic N) is 3. The molecule has 0 bridgehead atoms. The average Bonchev–Trinajstić information content (AvgIpc) is 2.86. The van der Waals surface area contributed by atoms with Crippen molar-refractivity contribution in [1.29, 1.82) is 0 Å². The van der Waals surface area contributed by atoms with Crippen LogP contribution in [0.1, 0.15) is 42.8 Å². The van der Waals surface area contributed by atoms with Gasteiger partial charge in [-0.15, -0.1) is 0 Å². The molecule has 0 saturated heterocycles. The van der Waals surface area contributed by atoms with E-state index in [-0.39, 0.29) is 12.1 Å². The monoisotopic (exact) mass is 274 g/mol. The van der Waals surface area contributed by atoms with Gasteiger partial charge in [-0.25, -0.2) is 0 Å². The minimum atomic E-state index is 0.00329. The number of rotatable bonds is 5. The van der Waals surface area contributed by atoms with Crippen LogP contribution in [0.2, 0.25) is 0 Å². The van der Waals surface area contributed by atoms with Crippen LogP contribution in [0.25, 0.3) is 0 Å². The summed E-state index contributed by atoms with van der Waals surface area (Å²) in [5.74, 6) is 0.793. The SMILES string of the molecule is CNC(c1cnccc1C)c1c(OC)cnn1C(C)C. The van der Waals surface area contributed by atoms with E-state index in [0.29, 0.717) is 0 Å². The lowest BCUT2D eigenvalue weighted by Crippen LogP contribution is -2.24. The van der Waals surface area contributed by atoms with Crippen molar-refractivity contribution in [3.05, 3.63) is 41.5 Å². The van der Waals surface area contributed by atoms with Crippen LogP contribution in [0, 0.1) is 6.92 Å². The van der Waals surface area contributed by atoms with E-state index in [1.54, 1.807) is 13.3 Å². The highest BCUT2D eigenvalue weighted by Crippen LogP contribution is 2.32. The lowest BCUT2D eigenvalue weighted by Gasteiger charge is -2.22. The summed E-state index contributed by atoms with van der Waals surface area (Å²) < 4.78 is 7.47. The largest absolute Gasteiger partial charge is 0.493 e. The second-order valence-corrected chi connectivity index (χ2v) is 5.09. The third-order valence-corrected chi connectivity index (χ3v) is 3.46. The third kappa shape index (κ3) is 2.54. The molecule has 0 spiro atoms. The Morgan fingerprint density at radius 1 is 1.30 bits per heavy atom. The molecule has 0 aliphatic rings. The van der Waals surface area contributed by atoms with Gasteiger partial charge < -0.3 is 10.1 Å². The van der Waals surface area contributed by atoms with E-state index in [9.17, 15) is 0 Å². The van der Waals surface area contributed by atoms with Gasteiger partial charge in [0.05, 0.1) is 19.3 Å². The van der Waals surface area contributed by atoms with Crippen LogP contribution in [0.15, 0.2) is 24.7 Å². The molecule has 2 heterocycles.